The summed E-state index contributed by atoms with van der Waals surface area (Å²) in [7, 11) is 1.97. The number of hydrogen-bond donors (Lipinski definition) is 1. The van der Waals surface area contributed by atoms with E-state index < -0.39 is 0 Å². The maximum absolute atomic E-state index is 4.79. The lowest BCUT2D eigenvalue weighted by molar-refractivity contribution is 0.486. The number of nitrogens with zero attached hydrogens (tertiary/aromatic N) is 4. The van der Waals surface area contributed by atoms with Crippen LogP contribution in [0, 0.1) is 0 Å². The number of aromatic nitrogens is 2. The van der Waals surface area contributed by atoms with Gasteiger partial charge in [-0.3, -0.25) is 4.68 Å². The third-order valence-electron chi connectivity index (χ3n) is 4.01. The Morgan fingerprint density at radius 1 is 1.52 bits per heavy atom. The van der Waals surface area contributed by atoms with Gasteiger partial charge in [-0.15, -0.1) is 24.0 Å². The molecule has 0 saturated carbocycles. The molecule has 0 amide bonds. The minimum atomic E-state index is 0. The van der Waals surface area contributed by atoms with E-state index in [1.165, 1.54) is 11.1 Å². The molecule has 0 bridgehead atoms. The molecule has 1 aliphatic rings. The molecule has 0 radical (unpaired) electrons. The quantitative estimate of drug-likeness (QED) is 0.447. The van der Waals surface area contributed by atoms with Crippen molar-refractivity contribution in [2.24, 2.45) is 12.0 Å². The molecule has 5 nitrogen and oxygen atoms in total. The molecule has 2 aromatic rings. The fourth-order valence-electron chi connectivity index (χ4n) is 2.85. The van der Waals surface area contributed by atoms with Gasteiger partial charge in [0.05, 0.1) is 12.7 Å². The third-order valence-corrected chi connectivity index (χ3v) is 4.74. The molecule has 1 atom stereocenters. The Morgan fingerprint density at radius 2 is 2.39 bits per heavy atom. The van der Waals surface area contributed by atoms with Crippen molar-refractivity contribution in [2.75, 3.05) is 19.6 Å². The SMILES string of the molecule is CCNC(=NCc1ccsc1)N1CCC(c2cnn(C)c2)C1.I. The lowest BCUT2D eigenvalue weighted by Gasteiger charge is -2.21. The molecule has 1 aliphatic heterocycles. The third kappa shape index (κ3) is 4.69. The van der Waals surface area contributed by atoms with Crippen LogP contribution < -0.4 is 5.32 Å². The molecule has 1 unspecified atom stereocenters. The predicted molar refractivity (Wildman–Crippen MR) is 107 cm³/mol. The maximum atomic E-state index is 4.79. The highest BCUT2D eigenvalue weighted by molar-refractivity contribution is 14.0. The molecule has 1 saturated heterocycles. The average Bonchev–Trinajstić information content (AvgIpc) is 3.24. The van der Waals surface area contributed by atoms with Crippen molar-refractivity contribution in [3.05, 3.63) is 40.3 Å². The van der Waals surface area contributed by atoms with Crippen LogP contribution in [0.15, 0.2) is 34.2 Å². The lowest BCUT2D eigenvalue weighted by atomic mass is 10.0. The van der Waals surface area contributed by atoms with Gasteiger partial charge in [0.25, 0.3) is 0 Å². The fourth-order valence-corrected chi connectivity index (χ4v) is 3.51. The molecule has 23 heavy (non-hydrogen) atoms. The van der Waals surface area contributed by atoms with Gasteiger partial charge < -0.3 is 10.2 Å². The first-order valence-electron chi connectivity index (χ1n) is 7.79. The van der Waals surface area contributed by atoms with Crippen LogP contribution in [0.3, 0.4) is 0 Å². The van der Waals surface area contributed by atoms with Crippen molar-refractivity contribution >= 4 is 41.3 Å². The fraction of sp³-hybridized carbons (Fsp3) is 0.500. The summed E-state index contributed by atoms with van der Waals surface area (Å²) in [6, 6.07) is 2.14. The zero-order chi connectivity index (χ0) is 15.4. The molecule has 1 N–H and O–H groups in total. The summed E-state index contributed by atoms with van der Waals surface area (Å²) in [5.41, 5.74) is 2.61. The summed E-state index contributed by atoms with van der Waals surface area (Å²) in [6.45, 7) is 5.83. The summed E-state index contributed by atoms with van der Waals surface area (Å²) in [5.74, 6) is 1.58. The molecular weight excluding hydrogens is 421 g/mol. The van der Waals surface area contributed by atoms with Crippen LogP contribution in [0.25, 0.3) is 0 Å². The van der Waals surface area contributed by atoms with Gasteiger partial charge in [0.2, 0.25) is 0 Å². The Kier molecular flexibility index (Phi) is 6.88. The maximum Gasteiger partial charge on any atom is 0.194 e. The van der Waals surface area contributed by atoms with Crippen LogP contribution in [0.4, 0.5) is 0 Å². The van der Waals surface area contributed by atoms with Crippen LogP contribution in [0.2, 0.25) is 0 Å². The van der Waals surface area contributed by atoms with Crippen LogP contribution in [0.5, 0.6) is 0 Å². The zero-order valence-electron chi connectivity index (χ0n) is 13.6. The molecule has 126 valence electrons. The van der Waals surface area contributed by atoms with Crippen LogP contribution in [0.1, 0.15) is 30.4 Å². The molecule has 1 fully saturated rings. The van der Waals surface area contributed by atoms with Crippen molar-refractivity contribution in [1.29, 1.82) is 0 Å². The van der Waals surface area contributed by atoms with Crippen molar-refractivity contribution < 1.29 is 0 Å². The van der Waals surface area contributed by atoms with E-state index in [2.05, 4.69) is 45.3 Å². The Hall–Kier alpha value is -1.09. The minimum Gasteiger partial charge on any atom is -0.357 e. The Bertz CT molecular complexity index is 622. The molecule has 0 aliphatic carbocycles. The van der Waals surface area contributed by atoms with Gasteiger partial charge in [-0.1, -0.05) is 0 Å². The second-order valence-corrected chi connectivity index (χ2v) is 6.46. The monoisotopic (exact) mass is 445 g/mol. The summed E-state index contributed by atoms with van der Waals surface area (Å²) >= 11 is 1.72. The Labute approximate surface area is 158 Å². The normalized spacial score (nSPS) is 18.1. The van der Waals surface area contributed by atoms with E-state index in [0.717, 1.165) is 38.6 Å². The summed E-state index contributed by atoms with van der Waals surface area (Å²) in [5, 5.41) is 12.0. The van der Waals surface area contributed by atoms with Gasteiger partial charge in [0.15, 0.2) is 5.96 Å². The van der Waals surface area contributed by atoms with E-state index in [1.807, 2.05) is 17.9 Å². The molecule has 2 aromatic heterocycles. The number of halogens is 1. The number of thiophene rings is 1. The largest absolute Gasteiger partial charge is 0.357 e. The second-order valence-electron chi connectivity index (χ2n) is 5.68. The lowest BCUT2D eigenvalue weighted by Crippen LogP contribution is -2.39. The summed E-state index contributed by atoms with van der Waals surface area (Å²) < 4.78 is 1.88. The number of nitrogens with one attached hydrogen (secondary N) is 1. The Morgan fingerprint density at radius 3 is 3.04 bits per heavy atom. The van der Waals surface area contributed by atoms with Gasteiger partial charge in [-0.2, -0.15) is 16.4 Å². The molecule has 0 aromatic carbocycles. The topological polar surface area (TPSA) is 45.5 Å². The second kappa shape index (κ2) is 8.68. The predicted octanol–water partition coefficient (Wildman–Crippen LogP) is 3.05. The van der Waals surface area contributed by atoms with Crippen molar-refractivity contribution in [3.63, 3.8) is 0 Å². The van der Waals surface area contributed by atoms with Crippen molar-refractivity contribution in [2.45, 2.75) is 25.8 Å². The first kappa shape index (κ1) is 18.3. The smallest absolute Gasteiger partial charge is 0.194 e. The van der Waals surface area contributed by atoms with Crippen molar-refractivity contribution in [3.8, 4) is 0 Å². The number of rotatable bonds is 4. The first-order chi connectivity index (χ1) is 10.8. The van der Waals surface area contributed by atoms with E-state index in [9.17, 15) is 0 Å². The highest BCUT2D eigenvalue weighted by Crippen LogP contribution is 2.26. The molecule has 7 heteroatoms. The van der Waals surface area contributed by atoms with Crippen molar-refractivity contribution in [1.82, 2.24) is 20.0 Å². The summed E-state index contributed by atoms with van der Waals surface area (Å²) in [6.07, 6.45) is 5.28. The minimum absolute atomic E-state index is 0. The van der Waals surface area contributed by atoms with E-state index in [4.69, 9.17) is 4.99 Å². The van der Waals surface area contributed by atoms with E-state index in [1.54, 1.807) is 11.3 Å². The van der Waals surface area contributed by atoms with Crippen LogP contribution in [-0.2, 0) is 13.6 Å². The number of aryl methyl sites for hydroxylation is 1. The van der Waals surface area contributed by atoms with Crippen LogP contribution in [-0.4, -0.2) is 40.3 Å². The van der Waals surface area contributed by atoms with Gasteiger partial charge in [-0.05, 0) is 41.3 Å². The van der Waals surface area contributed by atoms with Gasteiger partial charge in [0, 0.05) is 38.8 Å². The molecular formula is C16H24IN5S. The molecule has 3 rings (SSSR count). The zero-order valence-corrected chi connectivity index (χ0v) is 16.8. The first-order valence-corrected chi connectivity index (χ1v) is 8.73. The number of aliphatic imine (C=N–C) groups is 1. The van der Waals surface area contributed by atoms with E-state index in [-0.39, 0.29) is 24.0 Å². The highest BCUT2D eigenvalue weighted by Gasteiger charge is 2.26. The number of likely N-dealkylation sites (tertiary alicyclic amines) is 1. The number of guanidine groups is 1. The standard InChI is InChI=1S/C16H23N5S.HI/c1-3-17-16(18-8-13-5-7-22-12-13)21-6-4-14(11-21)15-9-19-20(2)10-15;/h5,7,9-10,12,14H,3-4,6,8,11H2,1-2H3,(H,17,18);1H. The van der Waals surface area contributed by atoms with Gasteiger partial charge in [-0.25, -0.2) is 4.99 Å². The van der Waals surface area contributed by atoms with E-state index in [0.29, 0.717) is 5.92 Å². The molecule has 3 heterocycles. The number of hydrogen-bond acceptors (Lipinski definition) is 3. The van der Waals surface area contributed by atoms with Gasteiger partial charge in [0.1, 0.15) is 0 Å². The van der Waals surface area contributed by atoms with E-state index >= 15 is 0 Å². The summed E-state index contributed by atoms with van der Waals surface area (Å²) in [4.78, 5) is 7.16. The van der Waals surface area contributed by atoms with Gasteiger partial charge >= 0.3 is 0 Å². The average molecular weight is 445 g/mol. The van der Waals surface area contributed by atoms with Crippen LogP contribution >= 0.6 is 35.3 Å². The highest BCUT2D eigenvalue weighted by atomic mass is 127. The Balaban J connectivity index is 0.00000192. The molecule has 0 spiro atoms.